The third kappa shape index (κ3) is 5.01. The second kappa shape index (κ2) is 12.2. The van der Waals surface area contributed by atoms with Crippen LogP contribution in [0.1, 0.15) is 23.6 Å². The molecule has 0 amide bonds. The smallest absolute Gasteiger partial charge is 0.0627 e. The van der Waals surface area contributed by atoms with E-state index >= 15 is 0 Å². The van der Waals surface area contributed by atoms with Gasteiger partial charge in [0.25, 0.3) is 0 Å². The Kier molecular flexibility index (Phi) is 7.03. The minimum Gasteiger partial charge on any atom is -0.332 e. The summed E-state index contributed by atoms with van der Waals surface area (Å²) in [4.78, 5) is 2.64. The van der Waals surface area contributed by atoms with Gasteiger partial charge in [0.15, 0.2) is 0 Å². The van der Waals surface area contributed by atoms with Gasteiger partial charge in [0, 0.05) is 16.5 Å². The molecule has 1 unspecified atom stereocenters. The molecule has 1 nitrogen and oxygen atoms in total. The van der Waals surface area contributed by atoms with Crippen LogP contribution in [0.15, 0.2) is 194 Å². The van der Waals surface area contributed by atoms with Crippen molar-refractivity contribution in [2.75, 3.05) is 4.90 Å². The molecule has 0 saturated carbocycles. The van der Waals surface area contributed by atoms with E-state index in [0.29, 0.717) is 0 Å². The summed E-state index contributed by atoms with van der Waals surface area (Å²) in [7, 11) is 0. The molecule has 1 aliphatic rings. The highest BCUT2D eigenvalue weighted by molar-refractivity contribution is 6.16. The highest BCUT2D eigenvalue weighted by atomic mass is 15.2. The lowest BCUT2D eigenvalue weighted by molar-refractivity contribution is 0.753. The standard InChI is InChI=1S/C50H35N/c1-3-15-36(16-4-1)48-29-30-49(37-17-5-2-6-18-37)51(48)50-46-28-27-38(44-23-11-19-34-13-7-9-21-42(34)44)31-41(46)32-39-25-26-40(33-47(39)50)45-24-12-20-35-14-8-10-22-43(35)45/h1-29,31-33,49H,30H2. The zero-order valence-corrected chi connectivity index (χ0v) is 28.2. The molecule has 0 aliphatic carbocycles. The zero-order chi connectivity index (χ0) is 33.7. The summed E-state index contributed by atoms with van der Waals surface area (Å²) in [5.41, 5.74) is 10.1. The average Bonchev–Trinajstić information content (AvgIpc) is 3.64. The van der Waals surface area contributed by atoms with Crippen molar-refractivity contribution in [3.05, 3.63) is 205 Å². The van der Waals surface area contributed by atoms with Crippen LogP contribution in [0.25, 0.3) is 71.0 Å². The lowest BCUT2D eigenvalue weighted by atomic mass is 9.91. The van der Waals surface area contributed by atoms with Crippen LogP contribution in [0.4, 0.5) is 5.69 Å². The molecule has 0 spiro atoms. The first-order chi connectivity index (χ1) is 25.3. The first-order valence-corrected chi connectivity index (χ1v) is 17.9. The predicted octanol–water partition coefficient (Wildman–Crippen LogP) is 13.6. The molecule has 0 aromatic heterocycles. The van der Waals surface area contributed by atoms with Gasteiger partial charge in [0.1, 0.15) is 0 Å². The second-order valence-electron chi connectivity index (χ2n) is 13.6. The molecular formula is C50H35N. The molecule has 0 N–H and O–H groups in total. The first-order valence-electron chi connectivity index (χ1n) is 17.9. The fourth-order valence-electron chi connectivity index (χ4n) is 8.34. The lowest BCUT2D eigenvalue weighted by Gasteiger charge is -2.33. The summed E-state index contributed by atoms with van der Waals surface area (Å²) in [5.74, 6) is 0. The Morgan fingerprint density at radius 2 is 0.961 bits per heavy atom. The molecule has 240 valence electrons. The maximum Gasteiger partial charge on any atom is 0.0627 e. The van der Waals surface area contributed by atoms with Gasteiger partial charge in [0.05, 0.1) is 11.7 Å². The van der Waals surface area contributed by atoms with E-state index in [0.717, 1.165) is 6.42 Å². The largest absolute Gasteiger partial charge is 0.332 e. The van der Waals surface area contributed by atoms with E-state index in [1.165, 1.54) is 87.9 Å². The Balaban J connectivity index is 1.27. The topological polar surface area (TPSA) is 3.24 Å². The maximum absolute atomic E-state index is 2.64. The van der Waals surface area contributed by atoms with Crippen LogP contribution in [0.3, 0.4) is 0 Å². The molecule has 1 heterocycles. The van der Waals surface area contributed by atoms with Crippen molar-refractivity contribution in [1.82, 2.24) is 0 Å². The van der Waals surface area contributed by atoms with Gasteiger partial charge in [-0.1, -0.05) is 176 Å². The molecule has 1 atom stereocenters. The van der Waals surface area contributed by atoms with Crippen LogP contribution >= 0.6 is 0 Å². The van der Waals surface area contributed by atoms with E-state index < -0.39 is 0 Å². The number of benzene rings is 9. The number of nitrogens with zero attached hydrogens (tertiary/aromatic N) is 1. The molecule has 0 bridgehead atoms. The summed E-state index contributed by atoms with van der Waals surface area (Å²) in [6, 6.07) is 69.4. The Morgan fingerprint density at radius 1 is 0.373 bits per heavy atom. The molecule has 0 fully saturated rings. The third-order valence-corrected chi connectivity index (χ3v) is 10.7. The SMILES string of the molecule is C1=C(c2ccccc2)N(c2c3ccc(-c4cccc5ccccc45)cc3cc3ccc(-c4cccc5ccccc45)cc23)C(c2ccccc2)C1. The number of anilines is 1. The molecule has 51 heavy (non-hydrogen) atoms. The Hall–Kier alpha value is -6.44. The van der Waals surface area contributed by atoms with E-state index in [9.17, 15) is 0 Å². The van der Waals surface area contributed by atoms with Crippen LogP contribution in [0, 0.1) is 0 Å². The summed E-state index contributed by atoms with van der Waals surface area (Å²) >= 11 is 0. The van der Waals surface area contributed by atoms with Gasteiger partial charge in [0.2, 0.25) is 0 Å². The summed E-state index contributed by atoms with van der Waals surface area (Å²) in [6.45, 7) is 0. The molecule has 0 radical (unpaired) electrons. The average molecular weight is 650 g/mol. The zero-order valence-electron chi connectivity index (χ0n) is 28.2. The monoisotopic (exact) mass is 649 g/mol. The number of rotatable bonds is 5. The van der Waals surface area contributed by atoms with Gasteiger partial charge in [-0.2, -0.15) is 0 Å². The predicted molar refractivity (Wildman–Crippen MR) is 218 cm³/mol. The summed E-state index contributed by atoms with van der Waals surface area (Å²) < 4.78 is 0. The number of hydrogen-bond donors (Lipinski definition) is 0. The maximum atomic E-state index is 2.64. The molecular weight excluding hydrogens is 615 g/mol. The van der Waals surface area contributed by atoms with Gasteiger partial charge in [-0.15, -0.1) is 0 Å². The van der Waals surface area contributed by atoms with Crippen LogP contribution < -0.4 is 4.90 Å². The van der Waals surface area contributed by atoms with Crippen molar-refractivity contribution in [1.29, 1.82) is 0 Å². The highest BCUT2D eigenvalue weighted by Crippen LogP contribution is 2.49. The molecule has 9 aromatic rings. The van der Waals surface area contributed by atoms with Gasteiger partial charge < -0.3 is 4.90 Å². The van der Waals surface area contributed by atoms with Crippen molar-refractivity contribution in [3.8, 4) is 22.3 Å². The van der Waals surface area contributed by atoms with Crippen LogP contribution in [-0.4, -0.2) is 0 Å². The fraction of sp³-hybridized carbons (Fsp3) is 0.0400. The second-order valence-corrected chi connectivity index (χ2v) is 13.6. The quantitative estimate of drug-likeness (QED) is 0.168. The summed E-state index contributed by atoms with van der Waals surface area (Å²) in [6.07, 6.45) is 3.37. The van der Waals surface area contributed by atoms with Gasteiger partial charge in [-0.3, -0.25) is 0 Å². The van der Waals surface area contributed by atoms with Gasteiger partial charge in [-0.05, 0) is 90.3 Å². The van der Waals surface area contributed by atoms with E-state index in [4.69, 9.17) is 0 Å². The fourth-order valence-corrected chi connectivity index (χ4v) is 8.34. The van der Waals surface area contributed by atoms with Crippen molar-refractivity contribution < 1.29 is 0 Å². The lowest BCUT2D eigenvalue weighted by Crippen LogP contribution is -2.23. The molecule has 10 rings (SSSR count). The van der Waals surface area contributed by atoms with E-state index in [1.54, 1.807) is 0 Å². The van der Waals surface area contributed by atoms with Crippen LogP contribution in [0.5, 0.6) is 0 Å². The Bertz CT molecular complexity index is 2770. The van der Waals surface area contributed by atoms with Crippen LogP contribution in [0.2, 0.25) is 0 Å². The van der Waals surface area contributed by atoms with E-state index in [2.05, 4.69) is 199 Å². The Labute approximate surface area is 298 Å². The van der Waals surface area contributed by atoms with Gasteiger partial charge in [-0.25, -0.2) is 0 Å². The molecule has 9 aromatic carbocycles. The highest BCUT2D eigenvalue weighted by Gasteiger charge is 2.32. The van der Waals surface area contributed by atoms with Crippen molar-refractivity contribution in [3.63, 3.8) is 0 Å². The minimum absolute atomic E-state index is 0.161. The summed E-state index contributed by atoms with van der Waals surface area (Å²) in [5, 5.41) is 10.1. The van der Waals surface area contributed by atoms with E-state index in [-0.39, 0.29) is 6.04 Å². The van der Waals surface area contributed by atoms with Crippen molar-refractivity contribution in [2.24, 2.45) is 0 Å². The normalized spacial score (nSPS) is 14.5. The number of fused-ring (bicyclic) bond motifs is 4. The van der Waals surface area contributed by atoms with Crippen LogP contribution in [-0.2, 0) is 0 Å². The molecule has 0 saturated heterocycles. The molecule has 1 aliphatic heterocycles. The number of hydrogen-bond acceptors (Lipinski definition) is 1. The third-order valence-electron chi connectivity index (χ3n) is 10.7. The Morgan fingerprint density at radius 3 is 1.67 bits per heavy atom. The van der Waals surface area contributed by atoms with Crippen molar-refractivity contribution in [2.45, 2.75) is 12.5 Å². The van der Waals surface area contributed by atoms with Gasteiger partial charge >= 0.3 is 0 Å². The molecule has 1 heteroatoms. The first kappa shape index (κ1) is 29.5. The van der Waals surface area contributed by atoms with E-state index in [1.807, 2.05) is 0 Å². The minimum atomic E-state index is 0.161. The van der Waals surface area contributed by atoms with Crippen molar-refractivity contribution >= 4 is 54.5 Å².